The van der Waals surface area contributed by atoms with Crippen molar-refractivity contribution in [3.63, 3.8) is 0 Å². The molecule has 0 spiro atoms. The monoisotopic (exact) mass is 429 g/mol. The number of ether oxygens (including phenoxy) is 1. The third-order valence-corrected chi connectivity index (χ3v) is 5.65. The number of aryl methyl sites for hydroxylation is 1. The lowest BCUT2D eigenvalue weighted by Crippen LogP contribution is -2.32. The highest BCUT2D eigenvalue weighted by Gasteiger charge is 2.23. The molecule has 8 heteroatoms. The highest BCUT2D eigenvalue weighted by Crippen LogP contribution is 2.31. The van der Waals surface area contributed by atoms with E-state index in [0.717, 1.165) is 39.3 Å². The second-order valence-corrected chi connectivity index (χ2v) is 7.82. The number of nitrogens with zero attached hydrogens (tertiary/aromatic N) is 2. The van der Waals surface area contributed by atoms with Gasteiger partial charge in [0.05, 0.1) is 17.6 Å². The zero-order valence-electron chi connectivity index (χ0n) is 17.9. The number of carbonyl (C=O) groups excluding carboxylic acids is 2. The van der Waals surface area contributed by atoms with E-state index in [2.05, 4.69) is 32.4 Å². The van der Waals surface area contributed by atoms with Crippen molar-refractivity contribution in [1.29, 1.82) is 0 Å². The van der Waals surface area contributed by atoms with Gasteiger partial charge in [-0.05, 0) is 54.4 Å². The van der Waals surface area contributed by atoms with Gasteiger partial charge < -0.3 is 24.9 Å². The van der Waals surface area contributed by atoms with E-state index in [0.29, 0.717) is 31.1 Å². The van der Waals surface area contributed by atoms with Gasteiger partial charge in [-0.15, -0.1) is 0 Å². The van der Waals surface area contributed by atoms with Crippen LogP contribution in [-0.2, 0) is 6.54 Å². The maximum absolute atomic E-state index is 13.1. The van der Waals surface area contributed by atoms with Gasteiger partial charge in [0.1, 0.15) is 29.6 Å². The summed E-state index contributed by atoms with van der Waals surface area (Å²) in [6.45, 7) is 3.21. The van der Waals surface area contributed by atoms with Crippen LogP contribution in [0, 0.1) is 6.92 Å². The van der Waals surface area contributed by atoms with Crippen LogP contribution in [0.2, 0.25) is 0 Å². The van der Waals surface area contributed by atoms with Crippen LogP contribution in [0.4, 0.5) is 0 Å². The van der Waals surface area contributed by atoms with Crippen molar-refractivity contribution in [3.05, 3.63) is 71.3 Å². The molecule has 4 aromatic rings. The highest BCUT2D eigenvalue weighted by molar-refractivity contribution is 5.97. The lowest BCUT2D eigenvalue weighted by atomic mass is 10.0. The van der Waals surface area contributed by atoms with E-state index in [1.165, 1.54) is 0 Å². The van der Waals surface area contributed by atoms with Crippen molar-refractivity contribution in [1.82, 2.24) is 25.2 Å². The van der Waals surface area contributed by atoms with Crippen molar-refractivity contribution in [2.24, 2.45) is 0 Å². The Balaban J connectivity index is 1.43. The van der Waals surface area contributed by atoms with Gasteiger partial charge in [0.2, 0.25) is 0 Å². The number of amides is 2. The molecule has 3 heterocycles. The summed E-state index contributed by atoms with van der Waals surface area (Å²) in [6.07, 6.45) is 0. The van der Waals surface area contributed by atoms with Crippen LogP contribution >= 0.6 is 0 Å². The molecule has 0 atom stereocenters. The summed E-state index contributed by atoms with van der Waals surface area (Å²) in [5.41, 5.74) is 5.69. The Labute approximate surface area is 184 Å². The average Bonchev–Trinajstić information content (AvgIpc) is 3.37. The van der Waals surface area contributed by atoms with Crippen LogP contribution in [-0.4, -0.2) is 51.9 Å². The Hall–Kier alpha value is -4.07. The van der Waals surface area contributed by atoms with Crippen molar-refractivity contribution in [3.8, 4) is 16.9 Å². The molecule has 0 saturated heterocycles. The van der Waals surface area contributed by atoms with E-state index in [1.54, 1.807) is 24.1 Å². The SMILES string of the molecule is CNC(=O)c1ccc(C(=O)N2CCOc3ccc(-c4ccc5nc(C)[nH]c5c4)cc3C2)[nH]1. The molecule has 3 N–H and O–H groups in total. The number of fused-ring (bicyclic) bond motifs is 2. The van der Waals surface area contributed by atoms with Crippen LogP contribution in [0.15, 0.2) is 48.5 Å². The predicted molar refractivity (Wildman–Crippen MR) is 121 cm³/mol. The lowest BCUT2D eigenvalue weighted by Gasteiger charge is -2.19. The predicted octanol–water partition coefficient (Wildman–Crippen LogP) is 3.26. The van der Waals surface area contributed by atoms with Gasteiger partial charge in [-0.1, -0.05) is 12.1 Å². The fourth-order valence-corrected chi connectivity index (χ4v) is 4.02. The first kappa shape index (κ1) is 19.9. The molecule has 5 rings (SSSR count). The number of benzene rings is 2. The Morgan fingerprint density at radius 3 is 2.66 bits per heavy atom. The number of hydrogen-bond acceptors (Lipinski definition) is 4. The Bertz CT molecular complexity index is 1340. The number of hydrogen-bond donors (Lipinski definition) is 3. The van der Waals surface area contributed by atoms with E-state index in [-0.39, 0.29) is 11.8 Å². The third kappa shape index (κ3) is 3.60. The molecule has 162 valence electrons. The van der Waals surface area contributed by atoms with E-state index >= 15 is 0 Å². The molecule has 0 aliphatic carbocycles. The van der Waals surface area contributed by atoms with Crippen LogP contribution in [0.1, 0.15) is 32.4 Å². The maximum Gasteiger partial charge on any atom is 0.270 e. The van der Waals surface area contributed by atoms with Crippen molar-refractivity contribution < 1.29 is 14.3 Å². The molecule has 1 aliphatic rings. The zero-order valence-corrected chi connectivity index (χ0v) is 17.9. The Kier molecular flexibility index (Phi) is 4.89. The lowest BCUT2D eigenvalue weighted by molar-refractivity contribution is 0.0728. The number of rotatable bonds is 3. The molecule has 0 saturated carbocycles. The summed E-state index contributed by atoms with van der Waals surface area (Å²) in [5, 5.41) is 2.55. The number of aromatic amines is 2. The van der Waals surface area contributed by atoms with E-state index in [9.17, 15) is 9.59 Å². The number of nitrogens with one attached hydrogen (secondary N) is 3. The molecular weight excluding hydrogens is 406 g/mol. The molecule has 2 aromatic carbocycles. The van der Waals surface area contributed by atoms with E-state index in [1.807, 2.05) is 31.2 Å². The molecular formula is C24H23N5O3. The molecule has 32 heavy (non-hydrogen) atoms. The molecule has 0 bridgehead atoms. The summed E-state index contributed by atoms with van der Waals surface area (Å²) in [5.74, 6) is 1.23. The van der Waals surface area contributed by atoms with Gasteiger partial charge in [-0.3, -0.25) is 9.59 Å². The fourth-order valence-electron chi connectivity index (χ4n) is 4.02. The van der Waals surface area contributed by atoms with Crippen LogP contribution in [0.5, 0.6) is 5.75 Å². The van der Waals surface area contributed by atoms with E-state index < -0.39 is 0 Å². The van der Waals surface area contributed by atoms with Crippen molar-refractivity contribution in [2.75, 3.05) is 20.2 Å². The summed E-state index contributed by atoms with van der Waals surface area (Å²) in [6, 6.07) is 15.4. The molecule has 1 aliphatic heterocycles. The van der Waals surface area contributed by atoms with Gasteiger partial charge in [0, 0.05) is 19.2 Å². The highest BCUT2D eigenvalue weighted by atomic mass is 16.5. The third-order valence-electron chi connectivity index (χ3n) is 5.65. The van der Waals surface area contributed by atoms with E-state index in [4.69, 9.17) is 4.74 Å². The minimum Gasteiger partial charge on any atom is -0.491 e. The van der Waals surface area contributed by atoms with Gasteiger partial charge in [-0.2, -0.15) is 0 Å². The number of imidazole rings is 1. The first-order valence-electron chi connectivity index (χ1n) is 10.4. The fraction of sp³-hybridized carbons (Fsp3) is 0.208. The summed E-state index contributed by atoms with van der Waals surface area (Å²) in [4.78, 5) is 37.3. The van der Waals surface area contributed by atoms with Crippen LogP contribution in [0.25, 0.3) is 22.2 Å². The molecule has 8 nitrogen and oxygen atoms in total. The Morgan fingerprint density at radius 2 is 1.81 bits per heavy atom. The van der Waals surface area contributed by atoms with Gasteiger partial charge in [-0.25, -0.2) is 4.98 Å². The summed E-state index contributed by atoms with van der Waals surface area (Å²) in [7, 11) is 1.55. The molecule has 2 aromatic heterocycles. The van der Waals surface area contributed by atoms with Gasteiger partial charge in [0.15, 0.2) is 0 Å². The molecule has 0 unspecified atom stereocenters. The maximum atomic E-state index is 13.1. The average molecular weight is 429 g/mol. The molecule has 0 fully saturated rings. The van der Waals surface area contributed by atoms with Gasteiger partial charge >= 0.3 is 0 Å². The topological polar surface area (TPSA) is 103 Å². The second kappa shape index (κ2) is 7.88. The minimum atomic E-state index is -0.261. The van der Waals surface area contributed by atoms with Crippen molar-refractivity contribution >= 4 is 22.8 Å². The smallest absolute Gasteiger partial charge is 0.270 e. The normalized spacial score (nSPS) is 13.4. The molecule has 2 amide bonds. The van der Waals surface area contributed by atoms with Gasteiger partial charge in [0.25, 0.3) is 11.8 Å². The molecule has 0 radical (unpaired) electrons. The standard InChI is InChI=1S/C24H23N5O3/c1-14-26-18-5-3-16(12-21(18)27-14)15-4-8-22-17(11-15)13-29(9-10-32-22)24(31)20-7-6-19(28-20)23(30)25-2/h3-8,11-12,28H,9-10,13H2,1-2H3,(H,25,30)(H,26,27). The largest absolute Gasteiger partial charge is 0.491 e. The summed E-state index contributed by atoms with van der Waals surface area (Å²) >= 11 is 0. The second-order valence-electron chi connectivity index (χ2n) is 7.82. The minimum absolute atomic E-state index is 0.170. The first-order valence-corrected chi connectivity index (χ1v) is 10.4. The Morgan fingerprint density at radius 1 is 1.03 bits per heavy atom. The van der Waals surface area contributed by atoms with Crippen LogP contribution < -0.4 is 10.1 Å². The first-order chi connectivity index (χ1) is 15.5. The zero-order chi connectivity index (χ0) is 22.2. The number of H-pyrrole nitrogens is 2. The number of carbonyl (C=O) groups is 2. The number of aromatic nitrogens is 3. The summed E-state index contributed by atoms with van der Waals surface area (Å²) < 4.78 is 5.91. The quantitative estimate of drug-likeness (QED) is 0.465. The van der Waals surface area contributed by atoms with Crippen LogP contribution in [0.3, 0.4) is 0 Å². The van der Waals surface area contributed by atoms with Crippen molar-refractivity contribution in [2.45, 2.75) is 13.5 Å².